The zero-order valence-electron chi connectivity index (χ0n) is 15.8. The van der Waals surface area contributed by atoms with Gasteiger partial charge in [-0.15, -0.1) is 0 Å². The minimum Gasteiger partial charge on any atom is -0.345 e. The molecule has 25 heavy (non-hydrogen) atoms. The molecule has 0 aromatic heterocycles. The third-order valence-electron chi connectivity index (χ3n) is 6.15. The third kappa shape index (κ3) is 5.98. The van der Waals surface area contributed by atoms with E-state index in [0.717, 1.165) is 51.2 Å². The van der Waals surface area contributed by atoms with Gasteiger partial charge in [0.15, 0.2) is 0 Å². The summed E-state index contributed by atoms with van der Waals surface area (Å²) in [5.74, 6) is 1.55. The lowest BCUT2D eigenvalue weighted by Crippen LogP contribution is -2.51. The number of hydrogen-bond donors (Lipinski definition) is 2. The first kappa shape index (κ1) is 18.7. The van der Waals surface area contributed by atoms with E-state index in [1.54, 1.807) is 0 Å². The van der Waals surface area contributed by atoms with E-state index in [1.807, 2.05) is 11.8 Å². The minimum absolute atomic E-state index is 0.0498. The number of likely N-dealkylation sites (tertiary alicyclic amines) is 1. The Morgan fingerprint density at radius 1 is 0.960 bits per heavy atom. The molecule has 5 heteroatoms. The first-order valence-corrected chi connectivity index (χ1v) is 10.4. The zero-order valence-corrected chi connectivity index (χ0v) is 15.8. The normalized spacial score (nSPS) is 24.1. The van der Waals surface area contributed by atoms with Crippen LogP contribution in [0.15, 0.2) is 0 Å². The second-order valence-electron chi connectivity index (χ2n) is 8.45. The van der Waals surface area contributed by atoms with E-state index in [-0.39, 0.29) is 11.8 Å². The van der Waals surface area contributed by atoms with Crippen LogP contribution in [0.4, 0.5) is 0 Å². The average molecular weight is 350 g/mol. The van der Waals surface area contributed by atoms with Crippen molar-refractivity contribution in [2.24, 2.45) is 11.8 Å². The lowest BCUT2D eigenvalue weighted by molar-refractivity contribution is -0.137. The Morgan fingerprint density at radius 2 is 1.64 bits per heavy atom. The van der Waals surface area contributed by atoms with E-state index in [1.165, 1.54) is 32.1 Å². The molecule has 2 N–H and O–H groups in total. The van der Waals surface area contributed by atoms with Crippen LogP contribution in [-0.4, -0.2) is 48.4 Å². The second-order valence-corrected chi connectivity index (χ2v) is 8.45. The van der Waals surface area contributed by atoms with Gasteiger partial charge in [-0.05, 0) is 63.8 Å². The number of carbonyl (C=O) groups excluding carboxylic acids is 2. The van der Waals surface area contributed by atoms with Crippen molar-refractivity contribution >= 4 is 11.8 Å². The lowest BCUT2D eigenvalue weighted by atomic mass is 9.87. The number of hydrogen-bond acceptors (Lipinski definition) is 3. The summed E-state index contributed by atoms with van der Waals surface area (Å²) >= 11 is 0. The van der Waals surface area contributed by atoms with Crippen molar-refractivity contribution < 1.29 is 9.59 Å². The van der Waals surface area contributed by atoms with Gasteiger partial charge >= 0.3 is 0 Å². The summed E-state index contributed by atoms with van der Waals surface area (Å²) in [6.07, 6.45) is 11.5. The van der Waals surface area contributed by atoms with Gasteiger partial charge in [0.05, 0.1) is 0 Å². The molecule has 0 radical (unpaired) electrons. The number of amides is 2. The summed E-state index contributed by atoms with van der Waals surface area (Å²) in [6.45, 7) is 4.60. The third-order valence-corrected chi connectivity index (χ3v) is 6.15. The predicted octanol–water partition coefficient (Wildman–Crippen LogP) is 2.45. The van der Waals surface area contributed by atoms with E-state index >= 15 is 0 Å². The number of piperidine rings is 1. The van der Waals surface area contributed by atoms with Gasteiger partial charge in [0, 0.05) is 25.6 Å². The van der Waals surface area contributed by atoms with Crippen molar-refractivity contribution in [2.75, 3.05) is 19.6 Å². The van der Waals surface area contributed by atoms with Gasteiger partial charge in [0.25, 0.3) is 0 Å². The highest BCUT2D eigenvalue weighted by molar-refractivity contribution is 5.87. The van der Waals surface area contributed by atoms with Gasteiger partial charge in [0.1, 0.15) is 6.04 Å². The van der Waals surface area contributed by atoms with Crippen LogP contribution < -0.4 is 10.6 Å². The summed E-state index contributed by atoms with van der Waals surface area (Å²) < 4.78 is 0. The molecule has 0 spiro atoms. The van der Waals surface area contributed by atoms with E-state index in [0.29, 0.717) is 18.4 Å². The molecule has 0 bridgehead atoms. The molecule has 1 saturated heterocycles. The molecule has 5 nitrogen and oxygen atoms in total. The van der Waals surface area contributed by atoms with E-state index in [2.05, 4.69) is 10.6 Å². The number of nitrogens with one attached hydrogen (secondary N) is 2. The van der Waals surface area contributed by atoms with Crippen LogP contribution in [0.3, 0.4) is 0 Å². The quantitative estimate of drug-likeness (QED) is 0.742. The SMILES string of the molecule is CC(NC(=O)CC1CCCCC1)C(=O)N1CCC(NCC2CC2)CC1. The number of nitrogens with zero attached hydrogens (tertiary/aromatic N) is 1. The van der Waals surface area contributed by atoms with Crippen LogP contribution in [0.1, 0.15) is 71.1 Å². The minimum atomic E-state index is -0.396. The molecule has 142 valence electrons. The summed E-state index contributed by atoms with van der Waals surface area (Å²) in [4.78, 5) is 26.8. The van der Waals surface area contributed by atoms with Gasteiger partial charge in [-0.2, -0.15) is 0 Å². The van der Waals surface area contributed by atoms with Gasteiger partial charge < -0.3 is 15.5 Å². The highest BCUT2D eigenvalue weighted by Crippen LogP contribution is 2.28. The van der Waals surface area contributed by atoms with Crippen LogP contribution in [0, 0.1) is 11.8 Å². The Hall–Kier alpha value is -1.10. The van der Waals surface area contributed by atoms with E-state index in [9.17, 15) is 9.59 Å². The maximum absolute atomic E-state index is 12.6. The monoisotopic (exact) mass is 349 g/mol. The fourth-order valence-corrected chi connectivity index (χ4v) is 4.25. The van der Waals surface area contributed by atoms with Crippen molar-refractivity contribution in [3.63, 3.8) is 0 Å². The summed E-state index contributed by atoms with van der Waals surface area (Å²) in [7, 11) is 0. The van der Waals surface area contributed by atoms with E-state index in [4.69, 9.17) is 0 Å². The van der Waals surface area contributed by atoms with Crippen LogP contribution >= 0.6 is 0 Å². The van der Waals surface area contributed by atoms with Crippen molar-refractivity contribution in [3.05, 3.63) is 0 Å². The van der Waals surface area contributed by atoms with Crippen LogP contribution in [0.25, 0.3) is 0 Å². The van der Waals surface area contributed by atoms with Crippen molar-refractivity contribution in [1.82, 2.24) is 15.5 Å². The molecule has 3 rings (SSSR count). The standard InChI is InChI=1S/C20H35N3O2/c1-15(22-19(24)13-16-5-3-2-4-6-16)20(25)23-11-9-18(10-12-23)21-14-17-7-8-17/h15-18,21H,2-14H2,1H3,(H,22,24). The van der Waals surface area contributed by atoms with Gasteiger partial charge in [0.2, 0.25) is 11.8 Å². The molecule has 3 aliphatic rings. The van der Waals surface area contributed by atoms with Crippen LogP contribution in [-0.2, 0) is 9.59 Å². The fourth-order valence-electron chi connectivity index (χ4n) is 4.25. The highest BCUT2D eigenvalue weighted by atomic mass is 16.2. The van der Waals surface area contributed by atoms with Crippen molar-refractivity contribution in [1.29, 1.82) is 0 Å². The Balaban J connectivity index is 1.34. The lowest BCUT2D eigenvalue weighted by Gasteiger charge is -2.34. The number of carbonyl (C=O) groups is 2. The fraction of sp³-hybridized carbons (Fsp3) is 0.900. The summed E-state index contributed by atoms with van der Waals surface area (Å²) in [6, 6.07) is 0.160. The molecule has 0 aromatic rings. The summed E-state index contributed by atoms with van der Waals surface area (Å²) in [5, 5.41) is 6.58. The van der Waals surface area contributed by atoms with Gasteiger partial charge in [-0.3, -0.25) is 9.59 Å². The highest BCUT2D eigenvalue weighted by Gasteiger charge is 2.28. The molecule has 1 aliphatic heterocycles. The Labute approximate surface area is 152 Å². The molecule has 2 saturated carbocycles. The van der Waals surface area contributed by atoms with Crippen molar-refractivity contribution in [2.45, 2.75) is 83.2 Å². The zero-order chi connectivity index (χ0) is 17.6. The van der Waals surface area contributed by atoms with E-state index < -0.39 is 6.04 Å². The largest absolute Gasteiger partial charge is 0.345 e. The van der Waals surface area contributed by atoms with Crippen LogP contribution in [0.2, 0.25) is 0 Å². The Kier molecular flexibility index (Phi) is 6.74. The smallest absolute Gasteiger partial charge is 0.244 e. The number of rotatable bonds is 7. The van der Waals surface area contributed by atoms with Crippen LogP contribution in [0.5, 0.6) is 0 Å². The Morgan fingerprint density at radius 3 is 2.28 bits per heavy atom. The topological polar surface area (TPSA) is 61.4 Å². The molecular formula is C20H35N3O2. The Bertz CT molecular complexity index is 450. The molecule has 0 aromatic carbocycles. The molecule has 2 aliphatic carbocycles. The second kappa shape index (κ2) is 9.02. The molecular weight excluding hydrogens is 314 g/mol. The maximum Gasteiger partial charge on any atom is 0.244 e. The molecule has 1 unspecified atom stereocenters. The van der Waals surface area contributed by atoms with Gasteiger partial charge in [-0.1, -0.05) is 19.3 Å². The molecule has 2 amide bonds. The van der Waals surface area contributed by atoms with Crippen molar-refractivity contribution in [3.8, 4) is 0 Å². The molecule has 1 heterocycles. The first-order valence-electron chi connectivity index (χ1n) is 10.4. The van der Waals surface area contributed by atoms with Gasteiger partial charge in [-0.25, -0.2) is 0 Å². The molecule has 1 atom stereocenters. The maximum atomic E-state index is 12.6. The molecule has 3 fully saturated rings. The first-order chi connectivity index (χ1) is 12.1. The predicted molar refractivity (Wildman–Crippen MR) is 99.1 cm³/mol. The summed E-state index contributed by atoms with van der Waals surface area (Å²) in [5.41, 5.74) is 0. The average Bonchev–Trinajstić information content (AvgIpc) is 3.45.